The predicted octanol–water partition coefficient (Wildman–Crippen LogP) is 1.47. The van der Waals surface area contributed by atoms with Gasteiger partial charge in [-0.2, -0.15) is 0 Å². The third-order valence-corrected chi connectivity index (χ3v) is 3.24. The van der Waals surface area contributed by atoms with Gasteiger partial charge in [0.25, 0.3) is 0 Å². The Balaban J connectivity index is 2.50. The minimum Gasteiger partial charge on any atom is -0.370 e. The van der Waals surface area contributed by atoms with Crippen molar-refractivity contribution >= 4 is 5.78 Å². The summed E-state index contributed by atoms with van der Waals surface area (Å²) < 4.78 is 5.39. The number of methoxy groups -OCH3 is 1. The van der Waals surface area contributed by atoms with Gasteiger partial charge in [-0.15, -0.1) is 0 Å². The number of carbonyl (C=O) groups excluding carboxylic acids is 1. The second-order valence-electron chi connectivity index (χ2n) is 4.10. The van der Waals surface area contributed by atoms with Gasteiger partial charge in [0, 0.05) is 20.2 Å². The Hall–Kier alpha value is -0.410. The third kappa shape index (κ3) is 2.34. The second-order valence-corrected chi connectivity index (χ2v) is 4.10. The monoisotopic (exact) mass is 199 g/mol. The molecule has 82 valence electrons. The Morgan fingerprint density at radius 3 is 2.36 bits per heavy atom. The molecule has 0 amide bonds. The van der Waals surface area contributed by atoms with Crippen LogP contribution < -0.4 is 0 Å². The highest BCUT2D eigenvalue weighted by molar-refractivity contribution is 5.85. The van der Waals surface area contributed by atoms with Gasteiger partial charge in [0.2, 0.25) is 0 Å². The predicted molar refractivity (Wildman–Crippen MR) is 56.4 cm³/mol. The van der Waals surface area contributed by atoms with E-state index in [1.165, 1.54) is 6.42 Å². The van der Waals surface area contributed by atoms with Gasteiger partial charge in [-0.25, -0.2) is 0 Å². The van der Waals surface area contributed by atoms with E-state index >= 15 is 0 Å². The SMILES string of the molecule is CCCN1CCC(OC)(C(C)=O)CC1. The van der Waals surface area contributed by atoms with Crippen molar-refractivity contribution < 1.29 is 9.53 Å². The largest absolute Gasteiger partial charge is 0.370 e. The topological polar surface area (TPSA) is 29.5 Å². The lowest BCUT2D eigenvalue weighted by molar-refractivity contribution is -0.144. The molecule has 0 atom stereocenters. The van der Waals surface area contributed by atoms with E-state index in [9.17, 15) is 4.79 Å². The van der Waals surface area contributed by atoms with E-state index in [4.69, 9.17) is 4.74 Å². The molecule has 1 heterocycles. The summed E-state index contributed by atoms with van der Waals surface area (Å²) in [5.41, 5.74) is -0.482. The molecule has 1 aliphatic heterocycles. The van der Waals surface area contributed by atoms with Crippen molar-refractivity contribution in [1.82, 2.24) is 4.90 Å². The van der Waals surface area contributed by atoms with Gasteiger partial charge in [0.15, 0.2) is 5.78 Å². The highest BCUT2D eigenvalue weighted by atomic mass is 16.5. The lowest BCUT2D eigenvalue weighted by atomic mass is 9.87. The average Bonchev–Trinajstić information content (AvgIpc) is 2.19. The number of rotatable bonds is 4. The standard InChI is InChI=1S/C11H21NO2/c1-4-7-12-8-5-11(14-3,6-9-12)10(2)13/h4-9H2,1-3H3. The first-order chi connectivity index (χ1) is 6.64. The number of carbonyl (C=O) groups is 1. The van der Waals surface area contributed by atoms with Crippen LogP contribution in [0.2, 0.25) is 0 Å². The fourth-order valence-electron chi connectivity index (χ4n) is 2.15. The zero-order valence-electron chi connectivity index (χ0n) is 9.51. The average molecular weight is 199 g/mol. The minimum atomic E-state index is -0.482. The van der Waals surface area contributed by atoms with Gasteiger partial charge >= 0.3 is 0 Å². The van der Waals surface area contributed by atoms with Crippen LogP contribution in [0, 0.1) is 0 Å². The van der Waals surface area contributed by atoms with E-state index in [0.29, 0.717) is 0 Å². The number of nitrogens with zero attached hydrogens (tertiary/aromatic N) is 1. The van der Waals surface area contributed by atoms with Gasteiger partial charge in [-0.05, 0) is 32.7 Å². The highest BCUT2D eigenvalue weighted by Gasteiger charge is 2.38. The zero-order chi connectivity index (χ0) is 10.6. The molecule has 1 saturated heterocycles. The molecule has 3 heteroatoms. The van der Waals surface area contributed by atoms with Crippen LogP contribution in [0.1, 0.15) is 33.1 Å². The molecule has 0 unspecified atom stereocenters. The molecule has 0 N–H and O–H groups in total. The molecule has 1 rings (SSSR count). The van der Waals surface area contributed by atoms with Gasteiger partial charge in [-0.1, -0.05) is 6.92 Å². The lowest BCUT2D eigenvalue weighted by Gasteiger charge is -2.39. The van der Waals surface area contributed by atoms with E-state index in [0.717, 1.165) is 32.5 Å². The quantitative estimate of drug-likeness (QED) is 0.686. The number of likely N-dealkylation sites (tertiary alicyclic amines) is 1. The van der Waals surface area contributed by atoms with Gasteiger partial charge in [0.1, 0.15) is 5.60 Å². The first-order valence-electron chi connectivity index (χ1n) is 5.43. The molecule has 0 radical (unpaired) electrons. The fraction of sp³-hybridized carbons (Fsp3) is 0.909. The van der Waals surface area contributed by atoms with Crippen LogP contribution in [0.4, 0.5) is 0 Å². The number of ether oxygens (including phenoxy) is 1. The number of hydrogen-bond donors (Lipinski definition) is 0. The molecule has 0 aliphatic carbocycles. The van der Waals surface area contributed by atoms with E-state index in [2.05, 4.69) is 11.8 Å². The maximum absolute atomic E-state index is 11.5. The maximum Gasteiger partial charge on any atom is 0.161 e. The molecule has 0 aromatic heterocycles. The molecule has 0 saturated carbocycles. The van der Waals surface area contributed by atoms with E-state index in [1.54, 1.807) is 14.0 Å². The Morgan fingerprint density at radius 2 is 2.00 bits per heavy atom. The highest BCUT2D eigenvalue weighted by Crippen LogP contribution is 2.26. The van der Waals surface area contributed by atoms with E-state index in [1.807, 2.05) is 0 Å². The minimum absolute atomic E-state index is 0.177. The van der Waals surface area contributed by atoms with Gasteiger partial charge in [-0.3, -0.25) is 4.79 Å². The van der Waals surface area contributed by atoms with Crippen molar-refractivity contribution in [3.8, 4) is 0 Å². The zero-order valence-corrected chi connectivity index (χ0v) is 9.51. The summed E-state index contributed by atoms with van der Waals surface area (Å²) in [6.07, 6.45) is 2.87. The molecule has 0 aromatic rings. The summed E-state index contributed by atoms with van der Waals surface area (Å²) in [5.74, 6) is 0.177. The van der Waals surface area contributed by atoms with Crippen LogP contribution >= 0.6 is 0 Å². The first-order valence-corrected chi connectivity index (χ1v) is 5.43. The van der Waals surface area contributed by atoms with Crippen LogP contribution in [-0.2, 0) is 9.53 Å². The van der Waals surface area contributed by atoms with Crippen molar-refractivity contribution in [3.63, 3.8) is 0 Å². The van der Waals surface area contributed by atoms with Gasteiger partial charge < -0.3 is 9.64 Å². The van der Waals surface area contributed by atoms with Crippen molar-refractivity contribution in [2.75, 3.05) is 26.7 Å². The number of piperidine rings is 1. The van der Waals surface area contributed by atoms with Crippen molar-refractivity contribution in [2.24, 2.45) is 0 Å². The van der Waals surface area contributed by atoms with Crippen LogP contribution in [0.3, 0.4) is 0 Å². The molecule has 3 nitrogen and oxygen atoms in total. The Labute approximate surface area is 86.4 Å². The summed E-state index contributed by atoms with van der Waals surface area (Å²) in [6, 6.07) is 0. The number of Topliss-reactive ketones (excluding diaryl/α,β-unsaturated/α-hetero) is 1. The van der Waals surface area contributed by atoms with Gasteiger partial charge in [0.05, 0.1) is 0 Å². The Bertz CT molecular complexity index is 195. The second kappa shape index (κ2) is 4.89. The molecular formula is C11H21NO2. The van der Waals surface area contributed by atoms with Crippen molar-refractivity contribution in [1.29, 1.82) is 0 Å². The summed E-state index contributed by atoms with van der Waals surface area (Å²) >= 11 is 0. The maximum atomic E-state index is 11.5. The lowest BCUT2D eigenvalue weighted by Crippen LogP contribution is -2.49. The Kier molecular flexibility index (Phi) is 4.08. The molecular weight excluding hydrogens is 178 g/mol. The van der Waals surface area contributed by atoms with Crippen LogP contribution in [0.15, 0.2) is 0 Å². The normalized spacial score (nSPS) is 22.2. The molecule has 0 aromatic carbocycles. The van der Waals surface area contributed by atoms with Crippen molar-refractivity contribution in [2.45, 2.75) is 38.7 Å². The molecule has 14 heavy (non-hydrogen) atoms. The smallest absolute Gasteiger partial charge is 0.161 e. The molecule has 0 spiro atoms. The molecule has 1 aliphatic rings. The number of hydrogen-bond acceptors (Lipinski definition) is 3. The summed E-state index contributed by atoms with van der Waals surface area (Å²) in [6.45, 7) is 6.93. The first kappa shape index (κ1) is 11.7. The summed E-state index contributed by atoms with van der Waals surface area (Å²) in [5, 5.41) is 0. The number of ketones is 1. The van der Waals surface area contributed by atoms with Crippen molar-refractivity contribution in [3.05, 3.63) is 0 Å². The summed E-state index contributed by atoms with van der Waals surface area (Å²) in [7, 11) is 1.65. The van der Waals surface area contributed by atoms with Crippen LogP contribution in [-0.4, -0.2) is 43.0 Å². The summed E-state index contributed by atoms with van der Waals surface area (Å²) in [4.78, 5) is 13.9. The van der Waals surface area contributed by atoms with E-state index < -0.39 is 5.60 Å². The fourth-order valence-corrected chi connectivity index (χ4v) is 2.15. The molecule has 0 bridgehead atoms. The van der Waals surface area contributed by atoms with E-state index in [-0.39, 0.29) is 5.78 Å². The van der Waals surface area contributed by atoms with Crippen LogP contribution in [0.25, 0.3) is 0 Å². The Morgan fingerprint density at radius 1 is 1.43 bits per heavy atom. The third-order valence-electron chi connectivity index (χ3n) is 3.24. The molecule has 1 fully saturated rings. The van der Waals surface area contributed by atoms with Crippen LogP contribution in [0.5, 0.6) is 0 Å².